The van der Waals surface area contributed by atoms with E-state index in [1.807, 2.05) is 45.9 Å². The molecule has 0 spiro atoms. The van der Waals surface area contributed by atoms with E-state index < -0.39 is 24.6 Å². The third-order valence-electron chi connectivity index (χ3n) is 6.01. The third-order valence-corrected chi connectivity index (χ3v) is 6.01. The largest absolute Gasteiger partial charge is 0.494 e. The molecule has 0 aliphatic carbocycles. The first-order valence-corrected chi connectivity index (χ1v) is 9.89. The number of aromatic nitrogens is 1. The Labute approximate surface area is 165 Å². The van der Waals surface area contributed by atoms with Crippen LogP contribution in [0.15, 0.2) is 29.1 Å². The highest BCUT2D eigenvalue weighted by Gasteiger charge is 2.51. The molecule has 0 N–H and O–H groups in total. The van der Waals surface area contributed by atoms with Gasteiger partial charge in [0.2, 0.25) is 0 Å². The number of hydrogen-bond donors (Lipinski definition) is 0. The van der Waals surface area contributed by atoms with Gasteiger partial charge in [0, 0.05) is 17.5 Å². The molecule has 0 saturated carbocycles. The van der Waals surface area contributed by atoms with Crippen molar-refractivity contribution >= 4 is 23.5 Å². The first-order valence-electron chi connectivity index (χ1n) is 9.89. The summed E-state index contributed by atoms with van der Waals surface area (Å²) < 4.78 is 25.9. The van der Waals surface area contributed by atoms with Gasteiger partial charge in [-0.1, -0.05) is 6.07 Å². The van der Waals surface area contributed by atoms with Gasteiger partial charge in [-0.2, -0.15) is 0 Å². The fourth-order valence-corrected chi connectivity index (χ4v) is 3.79. The Balaban J connectivity index is 1.86. The third kappa shape index (κ3) is 3.10. The number of hydrogen-bond acceptors (Lipinski definition) is 5. The SMILES string of the molecule is CC(C)n1c(C2OCCO2)cc(=O)c2ccc(B3OC(C)(C)C(C)(C)O3)cc21. The van der Waals surface area contributed by atoms with Crippen molar-refractivity contribution in [2.45, 2.75) is 65.1 Å². The van der Waals surface area contributed by atoms with Crippen molar-refractivity contribution in [3.63, 3.8) is 0 Å². The second-order valence-electron chi connectivity index (χ2n) is 8.84. The molecule has 4 rings (SSSR count). The van der Waals surface area contributed by atoms with Crippen LogP contribution in [-0.2, 0) is 18.8 Å². The van der Waals surface area contributed by atoms with Crippen molar-refractivity contribution in [1.29, 1.82) is 0 Å². The van der Waals surface area contributed by atoms with Gasteiger partial charge in [-0.3, -0.25) is 4.79 Å². The molecule has 28 heavy (non-hydrogen) atoms. The minimum Gasteiger partial charge on any atom is -0.399 e. The van der Waals surface area contributed by atoms with Gasteiger partial charge in [-0.15, -0.1) is 0 Å². The quantitative estimate of drug-likeness (QED) is 0.761. The van der Waals surface area contributed by atoms with E-state index in [0.717, 1.165) is 16.7 Å². The molecule has 6 nitrogen and oxygen atoms in total. The molecule has 1 aromatic carbocycles. The van der Waals surface area contributed by atoms with Crippen molar-refractivity contribution in [2.24, 2.45) is 0 Å². The van der Waals surface area contributed by atoms with Gasteiger partial charge in [0.05, 0.1) is 35.6 Å². The van der Waals surface area contributed by atoms with Crippen LogP contribution in [0.5, 0.6) is 0 Å². The fourth-order valence-electron chi connectivity index (χ4n) is 3.79. The molecule has 0 unspecified atom stereocenters. The van der Waals surface area contributed by atoms with Gasteiger partial charge in [0.25, 0.3) is 0 Å². The maximum Gasteiger partial charge on any atom is 0.494 e. The van der Waals surface area contributed by atoms with E-state index in [0.29, 0.717) is 18.6 Å². The minimum absolute atomic E-state index is 0.0403. The lowest BCUT2D eigenvalue weighted by atomic mass is 9.78. The second-order valence-corrected chi connectivity index (χ2v) is 8.84. The van der Waals surface area contributed by atoms with E-state index >= 15 is 0 Å². The zero-order chi connectivity index (χ0) is 20.3. The maximum atomic E-state index is 12.8. The lowest BCUT2D eigenvalue weighted by Crippen LogP contribution is -2.41. The molecule has 150 valence electrons. The number of ether oxygens (including phenoxy) is 2. The Morgan fingerprint density at radius 2 is 1.64 bits per heavy atom. The standard InChI is InChI=1S/C21H28BNO5/c1-13(2)23-16-11-14(22-27-20(3,4)21(5,6)28-22)7-8-15(16)18(24)12-17(23)19-25-9-10-26-19/h7-8,11-13,19H,9-10H2,1-6H3. The summed E-state index contributed by atoms with van der Waals surface area (Å²) in [6, 6.07) is 7.53. The predicted octanol–water partition coefficient (Wildman–Crippen LogP) is 2.93. The van der Waals surface area contributed by atoms with Gasteiger partial charge in [0.15, 0.2) is 11.7 Å². The summed E-state index contributed by atoms with van der Waals surface area (Å²) in [5.41, 5.74) is 1.60. The summed E-state index contributed by atoms with van der Waals surface area (Å²) >= 11 is 0. The average molecular weight is 385 g/mol. The van der Waals surface area contributed by atoms with Crippen LogP contribution < -0.4 is 10.9 Å². The average Bonchev–Trinajstić information content (AvgIpc) is 3.20. The molecule has 0 radical (unpaired) electrons. The van der Waals surface area contributed by atoms with E-state index in [-0.39, 0.29) is 11.5 Å². The highest BCUT2D eigenvalue weighted by atomic mass is 16.7. The molecular weight excluding hydrogens is 357 g/mol. The van der Waals surface area contributed by atoms with Crippen LogP contribution in [0.4, 0.5) is 0 Å². The van der Waals surface area contributed by atoms with E-state index in [4.69, 9.17) is 18.8 Å². The van der Waals surface area contributed by atoms with Crippen molar-refractivity contribution in [2.75, 3.05) is 13.2 Å². The topological polar surface area (TPSA) is 58.9 Å². The molecule has 0 bridgehead atoms. The number of benzene rings is 1. The monoisotopic (exact) mass is 385 g/mol. The van der Waals surface area contributed by atoms with Crippen molar-refractivity contribution in [1.82, 2.24) is 4.57 Å². The molecular formula is C21H28BNO5. The molecule has 0 amide bonds. The van der Waals surface area contributed by atoms with E-state index in [1.54, 1.807) is 6.07 Å². The van der Waals surface area contributed by atoms with Crippen molar-refractivity contribution in [3.8, 4) is 0 Å². The zero-order valence-electron chi connectivity index (χ0n) is 17.4. The summed E-state index contributed by atoms with van der Waals surface area (Å²) in [6.07, 6.45) is -0.514. The second kappa shape index (κ2) is 6.70. The lowest BCUT2D eigenvalue weighted by Gasteiger charge is -2.32. The normalized spacial score (nSPS) is 21.9. The van der Waals surface area contributed by atoms with Gasteiger partial charge in [-0.25, -0.2) is 0 Å². The van der Waals surface area contributed by atoms with Crippen molar-refractivity contribution in [3.05, 3.63) is 40.2 Å². The van der Waals surface area contributed by atoms with Gasteiger partial charge in [-0.05, 0) is 59.1 Å². The Morgan fingerprint density at radius 3 is 2.21 bits per heavy atom. The van der Waals surface area contributed by atoms with Gasteiger partial charge >= 0.3 is 7.12 Å². The number of fused-ring (bicyclic) bond motifs is 1. The molecule has 7 heteroatoms. The van der Waals surface area contributed by atoms with E-state index in [9.17, 15) is 4.79 Å². The summed E-state index contributed by atoms with van der Waals surface area (Å²) in [7, 11) is -0.479. The Hall–Kier alpha value is -1.67. The molecule has 2 aliphatic rings. The van der Waals surface area contributed by atoms with Crippen molar-refractivity contribution < 1.29 is 18.8 Å². The van der Waals surface area contributed by atoms with Crippen LogP contribution in [0.1, 0.15) is 59.6 Å². The van der Waals surface area contributed by atoms with Crippen LogP contribution in [0, 0.1) is 0 Å². The highest BCUT2D eigenvalue weighted by Crippen LogP contribution is 2.36. The van der Waals surface area contributed by atoms with Gasteiger partial charge in [0.1, 0.15) is 0 Å². The van der Waals surface area contributed by atoms with Crippen LogP contribution in [0.3, 0.4) is 0 Å². The summed E-state index contributed by atoms with van der Waals surface area (Å²) in [5, 5.41) is 0.663. The Kier molecular flexibility index (Phi) is 4.70. The molecule has 2 aromatic rings. The van der Waals surface area contributed by atoms with Crippen LogP contribution in [0.25, 0.3) is 10.9 Å². The maximum absolute atomic E-state index is 12.8. The molecule has 0 atom stereocenters. The first-order chi connectivity index (χ1) is 13.1. The molecule has 1 aromatic heterocycles. The molecule has 2 aliphatic heterocycles. The zero-order valence-corrected chi connectivity index (χ0v) is 17.4. The Bertz CT molecular complexity index is 943. The number of nitrogens with zero attached hydrogens (tertiary/aromatic N) is 1. The van der Waals surface area contributed by atoms with Gasteiger partial charge < -0.3 is 23.3 Å². The molecule has 3 heterocycles. The summed E-state index contributed by atoms with van der Waals surface area (Å²) in [5.74, 6) is 0. The fraction of sp³-hybridized carbons (Fsp3) is 0.571. The summed E-state index contributed by atoms with van der Waals surface area (Å²) in [4.78, 5) is 12.8. The number of pyridine rings is 1. The lowest BCUT2D eigenvalue weighted by molar-refractivity contribution is -0.0503. The summed E-state index contributed by atoms with van der Waals surface area (Å²) in [6.45, 7) is 13.4. The number of rotatable bonds is 3. The Morgan fingerprint density at radius 1 is 1.04 bits per heavy atom. The predicted molar refractivity (Wildman–Crippen MR) is 109 cm³/mol. The van der Waals surface area contributed by atoms with Crippen LogP contribution >= 0.6 is 0 Å². The molecule has 2 saturated heterocycles. The first kappa shape index (κ1) is 19.6. The highest BCUT2D eigenvalue weighted by molar-refractivity contribution is 6.62. The van der Waals surface area contributed by atoms with Crippen LogP contribution in [0.2, 0.25) is 0 Å². The van der Waals surface area contributed by atoms with E-state index in [1.165, 1.54) is 0 Å². The minimum atomic E-state index is -0.514. The van der Waals surface area contributed by atoms with Crippen LogP contribution in [-0.4, -0.2) is 36.1 Å². The molecule has 2 fully saturated rings. The smallest absolute Gasteiger partial charge is 0.399 e. The van der Waals surface area contributed by atoms with E-state index in [2.05, 4.69) is 18.4 Å².